The standard InChI is InChI=1S/C17H25NO2/c19-16(4-3-14-5-10-18-11-6-14)15-7-12-20-17(13-15)8-1-2-9-17/h5-6,10-11,15-16,19H,1-4,7-9,12-13H2. The fourth-order valence-electron chi connectivity index (χ4n) is 3.86. The van der Waals surface area contributed by atoms with Gasteiger partial charge in [0.05, 0.1) is 11.7 Å². The topological polar surface area (TPSA) is 42.4 Å². The summed E-state index contributed by atoms with van der Waals surface area (Å²) in [5, 5.41) is 10.5. The Morgan fingerprint density at radius 3 is 2.80 bits per heavy atom. The van der Waals surface area contributed by atoms with Crippen LogP contribution < -0.4 is 0 Å². The molecule has 3 rings (SSSR count). The summed E-state index contributed by atoms with van der Waals surface area (Å²) >= 11 is 0. The monoisotopic (exact) mass is 275 g/mol. The molecular weight excluding hydrogens is 250 g/mol. The SMILES string of the molecule is OC(CCc1ccncc1)C1CCOC2(CCCC2)C1. The Bertz CT molecular complexity index is 414. The molecule has 1 N–H and O–H groups in total. The van der Waals surface area contributed by atoms with Crippen LogP contribution in [-0.2, 0) is 11.2 Å². The van der Waals surface area contributed by atoms with Crippen molar-refractivity contribution in [3.63, 3.8) is 0 Å². The first-order chi connectivity index (χ1) is 9.77. The van der Waals surface area contributed by atoms with Crippen LogP contribution in [-0.4, -0.2) is 28.4 Å². The Morgan fingerprint density at radius 2 is 2.05 bits per heavy atom. The summed E-state index contributed by atoms with van der Waals surface area (Å²) in [7, 11) is 0. The maximum atomic E-state index is 10.5. The first-order valence-electron chi connectivity index (χ1n) is 7.98. The van der Waals surface area contributed by atoms with Crippen molar-refractivity contribution in [2.24, 2.45) is 5.92 Å². The fourth-order valence-corrected chi connectivity index (χ4v) is 3.86. The van der Waals surface area contributed by atoms with Crippen LogP contribution in [0.4, 0.5) is 0 Å². The molecule has 2 fully saturated rings. The molecule has 2 atom stereocenters. The second kappa shape index (κ2) is 6.23. The van der Waals surface area contributed by atoms with Crippen LogP contribution in [0.15, 0.2) is 24.5 Å². The van der Waals surface area contributed by atoms with Crippen LogP contribution in [0.3, 0.4) is 0 Å². The number of ether oxygens (including phenoxy) is 1. The van der Waals surface area contributed by atoms with Crippen LogP contribution in [0.1, 0.15) is 50.5 Å². The van der Waals surface area contributed by atoms with E-state index in [1.54, 1.807) is 0 Å². The average Bonchev–Trinajstić information content (AvgIpc) is 2.93. The van der Waals surface area contributed by atoms with Gasteiger partial charge in [0.25, 0.3) is 0 Å². The van der Waals surface area contributed by atoms with Gasteiger partial charge in [0.2, 0.25) is 0 Å². The van der Waals surface area contributed by atoms with E-state index in [0.717, 1.165) is 32.3 Å². The van der Waals surface area contributed by atoms with Crippen molar-refractivity contribution in [2.75, 3.05) is 6.61 Å². The van der Waals surface area contributed by atoms with Crippen LogP contribution >= 0.6 is 0 Å². The predicted octanol–water partition coefficient (Wildman–Crippen LogP) is 3.11. The normalized spacial score (nSPS) is 26.8. The van der Waals surface area contributed by atoms with Gasteiger partial charge in [0.1, 0.15) is 0 Å². The molecule has 1 saturated carbocycles. The second-order valence-electron chi connectivity index (χ2n) is 6.45. The molecular formula is C17H25NO2. The minimum atomic E-state index is -0.190. The quantitative estimate of drug-likeness (QED) is 0.918. The van der Waals surface area contributed by atoms with Gasteiger partial charge in [-0.05, 0) is 62.1 Å². The van der Waals surface area contributed by atoms with Gasteiger partial charge in [-0.3, -0.25) is 4.98 Å². The zero-order valence-electron chi connectivity index (χ0n) is 12.1. The summed E-state index contributed by atoms with van der Waals surface area (Å²) < 4.78 is 6.05. The van der Waals surface area contributed by atoms with Gasteiger partial charge in [-0.25, -0.2) is 0 Å². The molecule has 1 aromatic heterocycles. The Balaban J connectivity index is 1.53. The lowest BCUT2D eigenvalue weighted by Crippen LogP contribution is -2.41. The van der Waals surface area contributed by atoms with Crippen molar-refractivity contribution in [2.45, 2.75) is 63.1 Å². The molecule has 3 nitrogen and oxygen atoms in total. The predicted molar refractivity (Wildman–Crippen MR) is 78.4 cm³/mol. The van der Waals surface area contributed by atoms with Crippen molar-refractivity contribution in [3.8, 4) is 0 Å². The number of aliphatic hydroxyl groups is 1. The molecule has 1 aromatic rings. The molecule has 3 heteroatoms. The number of nitrogens with zero attached hydrogens (tertiary/aromatic N) is 1. The van der Waals surface area contributed by atoms with E-state index in [2.05, 4.69) is 4.98 Å². The Labute approximate surface area is 121 Å². The zero-order valence-corrected chi connectivity index (χ0v) is 12.1. The highest BCUT2D eigenvalue weighted by Crippen LogP contribution is 2.43. The lowest BCUT2D eigenvalue weighted by atomic mass is 9.80. The molecule has 2 aliphatic rings. The molecule has 20 heavy (non-hydrogen) atoms. The van der Waals surface area contributed by atoms with E-state index in [4.69, 9.17) is 4.74 Å². The van der Waals surface area contributed by atoms with Gasteiger partial charge >= 0.3 is 0 Å². The summed E-state index contributed by atoms with van der Waals surface area (Å²) in [5.41, 5.74) is 1.38. The number of aliphatic hydroxyl groups excluding tert-OH is 1. The number of hydrogen-bond acceptors (Lipinski definition) is 3. The highest BCUT2D eigenvalue weighted by Gasteiger charge is 2.41. The van der Waals surface area contributed by atoms with Gasteiger partial charge < -0.3 is 9.84 Å². The highest BCUT2D eigenvalue weighted by atomic mass is 16.5. The van der Waals surface area contributed by atoms with Gasteiger partial charge in [0.15, 0.2) is 0 Å². The van der Waals surface area contributed by atoms with Gasteiger partial charge in [-0.2, -0.15) is 0 Å². The molecule has 1 saturated heterocycles. The fraction of sp³-hybridized carbons (Fsp3) is 0.706. The molecule has 1 spiro atoms. The minimum Gasteiger partial charge on any atom is -0.393 e. The van der Waals surface area contributed by atoms with Crippen LogP contribution in [0, 0.1) is 5.92 Å². The minimum absolute atomic E-state index is 0.112. The molecule has 110 valence electrons. The zero-order chi connectivity index (χ0) is 13.8. The molecule has 0 bridgehead atoms. The van der Waals surface area contributed by atoms with E-state index in [9.17, 15) is 5.11 Å². The van der Waals surface area contributed by atoms with Crippen molar-refractivity contribution < 1.29 is 9.84 Å². The highest BCUT2D eigenvalue weighted by molar-refractivity contribution is 5.09. The molecule has 1 aliphatic heterocycles. The van der Waals surface area contributed by atoms with E-state index in [-0.39, 0.29) is 11.7 Å². The first kappa shape index (κ1) is 14.0. The van der Waals surface area contributed by atoms with Gasteiger partial charge in [-0.15, -0.1) is 0 Å². The summed E-state index contributed by atoms with van der Waals surface area (Å²) in [6.45, 7) is 0.830. The van der Waals surface area contributed by atoms with E-state index in [1.165, 1.54) is 31.2 Å². The van der Waals surface area contributed by atoms with Crippen molar-refractivity contribution in [1.29, 1.82) is 0 Å². The molecule has 1 aliphatic carbocycles. The number of aromatic nitrogens is 1. The Kier molecular flexibility index (Phi) is 4.37. The van der Waals surface area contributed by atoms with Crippen molar-refractivity contribution in [3.05, 3.63) is 30.1 Å². The van der Waals surface area contributed by atoms with Crippen LogP contribution in [0.2, 0.25) is 0 Å². The van der Waals surface area contributed by atoms with Crippen LogP contribution in [0.5, 0.6) is 0 Å². The van der Waals surface area contributed by atoms with E-state index in [0.29, 0.717) is 5.92 Å². The Morgan fingerprint density at radius 1 is 1.30 bits per heavy atom. The summed E-state index contributed by atoms with van der Waals surface area (Å²) in [6.07, 6.45) is 12.3. The summed E-state index contributed by atoms with van der Waals surface area (Å²) in [4.78, 5) is 4.03. The van der Waals surface area contributed by atoms with E-state index >= 15 is 0 Å². The third-order valence-electron chi connectivity index (χ3n) is 5.07. The number of pyridine rings is 1. The summed E-state index contributed by atoms with van der Waals surface area (Å²) in [6, 6.07) is 4.07. The summed E-state index contributed by atoms with van der Waals surface area (Å²) in [5.74, 6) is 0.420. The number of aryl methyl sites for hydroxylation is 1. The molecule has 0 aromatic carbocycles. The first-order valence-corrected chi connectivity index (χ1v) is 7.98. The largest absolute Gasteiger partial charge is 0.393 e. The second-order valence-corrected chi connectivity index (χ2v) is 6.45. The maximum absolute atomic E-state index is 10.5. The van der Waals surface area contributed by atoms with Gasteiger partial charge in [-0.1, -0.05) is 12.8 Å². The third-order valence-corrected chi connectivity index (χ3v) is 5.07. The molecule has 0 amide bonds. The van der Waals surface area contributed by atoms with Crippen molar-refractivity contribution in [1.82, 2.24) is 4.98 Å². The van der Waals surface area contributed by atoms with E-state index < -0.39 is 0 Å². The Hall–Kier alpha value is -0.930. The van der Waals surface area contributed by atoms with E-state index in [1.807, 2.05) is 24.5 Å². The molecule has 0 radical (unpaired) electrons. The lowest BCUT2D eigenvalue weighted by Gasteiger charge is -2.40. The van der Waals surface area contributed by atoms with Crippen LogP contribution in [0.25, 0.3) is 0 Å². The third kappa shape index (κ3) is 3.21. The number of rotatable bonds is 4. The number of hydrogen-bond donors (Lipinski definition) is 1. The average molecular weight is 275 g/mol. The molecule has 2 unspecified atom stereocenters. The maximum Gasteiger partial charge on any atom is 0.0686 e. The molecule has 2 heterocycles. The smallest absolute Gasteiger partial charge is 0.0686 e. The van der Waals surface area contributed by atoms with Crippen molar-refractivity contribution >= 4 is 0 Å². The van der Waals surface area contributed by atoms with Gasteiger partial charge in [0, 0.05) is 19.0 Å². The lowest BCUT2D eigenvalue weighted by molar-refractivity contribution is -0.113.